The van der Waals surface area contributed by atoms with E-state index in [1.54, 1.807) is 54.6 Å². The van der Waals surface area contributed by atoms with Gasteiger partial charge in [-0.25, -0.2) is 8.42 Å². The van der Waals surface area contributed by atoms with E-state index in [1.165, 1.54) is 12.1 Å². The molecule has 3 aromatic rings. The molecule has 6 nitrogen and oxygen atoms in total. The summed E-state index contributed by atoms with van der Waals surface area (Å²) in [5, 5.41) is 3.31. The van der Waals surface area contributed by atoms with E-state index in [-0.39, 0.29) is 24.6 Å². The van der Waals surface area contributed by atoms with Gasteiger partial charge in [-0.1, -0.05) is 35.9 Å². The first kappa shape index (κ1) is 24.3. The molecule has 9 heteroatoms. The number of nitrogens with one attached hydrogen (secondary N) is 1. The quantitative estimate of drug-likeness (QED) is 0.294. The normalized spacial score (nSPS) is 11.1. The first-order valence-electron chi connectivity index (χ1n) is 9.76. The van der Waals surface area contributed by atoms with E-state index < -0.39 is 15.9 Å². The van der Waals surface area contributed by atoms with Crippen molar-refractivity contribution in [2.24, 2.45) is 0 Å². The zero-order valence-corrected chi connectivity index (χ0v) is 21.0. The third kappa shape index (κ3) is 6.36. The van der Waals surface area contributed by atoms with Gasteiger partial charge in [0.2, 0.25) is 5.91 Å². The highest BCUT2D eigenvalue weighted by Gasteiger charge is 2.27. The summed E-state index contributed by atoms with van der Waals surface area (Å²) in [7, 11) is -3.92. The number of carbonyl (C=O) groups is 1. The van der Waals surface area contributed by atoms with Gasteiger partial charge >= 0.3 is 0 Å². The Morgan fingerprint density at radius 2 is 1.75 bits per heavy atom. The molecule has 0 atom stereocenters. The molecule has 0 radical (unpaired) electrons. The predicted octanol–water partition coefficient (Wildman–Crippen LogP) is 4.64. The Balaban J connectivity index is 1.67. The lowest BCUT2D eigenvalue weighted by molar-refractivity contribution is -0.119. The van der Waals surface area contributed by atoms with Crippen molar-refractivity contribution in [2.45, 2.75) is 11.8 Å². The standard InChI is InChI=1S/C23H22ClIN2O4S/c1-17-7-12-20(15-22(17)24)31-14-13-26-23(28)16-27(19-10-8-18(25)9-11-19)32(29,30)21-5-3-2-4-6-21/h2-12,15H,13-14,16H2,1H3,(H,26,28). The van der Waals surface area contributed by atoms with E-state index in [9.17, 15) is 13.2 Å². The second-order valence-corrected chi connectivity index (χ2v) is 10.4. The summed E-state index contributed by atoms with van der Waals surface area (Å²) in [6.07, 6.45) is 0. The third-order valence-electron chi connectivity index (χ3n) is 4.57. The maximum absolute atomic E-state index is 13.2. The number of anilines is 1. The maximum atomic E-state index is 13.2. The summed E-state index contributed by atoms with van der Waals surface area (Å²) in [4.78, 5) is 12.7. The molecule has 0 aromatic heterocycles. The molecule has 0 saturated carbocycles. The van der Waals surface area contributed by atoms with E-state index in [0.29, 0.717) is 16.5 Å². The van der Waals surface area contributed by atoms with Crippen molar-refractivity contribution in [1.82, 2.24) is 5.32 Å². The third-order valence-corrected chi connectivity index (χ3v) is 7.48. The van der Waals surface area contributed by atoms with Crippen LogP contribution in [0.15, 0.2) is 77.7 Å². The zero-order chi connectivity index (χ0) is 23.1. The van der Waals surface area contributed by atoms with E-state index in [1.807, 2.05) is 13.0 Å². The van der Waals surface area contributed by atoms with Gasteiger partial charge in [0.05, 0.1) is 17.1 Å². The number of carbonyl (C=O) groups excluding carboxylic acids is 1. The molecule has 0 aliphatic carbocycles. The van der Waals surface area contributed by atoms with Gasteiger partial charge in [0.25, 0.3) is 10.0 Å². The Hall–Kier alpha value is -2.30. The van der Waals surface area contributed by atoms with Gasteiger partial charge in [-0.15, -0.1) is 0 Å². The number of amides is 1. The van der Waals surface area contributed by atoms with Gasteiger partial charge in [-0.3, -0.25) is 9.10 Å². The lowest BCUT2D eigenvalue weighted by Crippen LogP contribution is -2.41. The zero-order valence-electron chi connectivity index (χ0n) is 17.3. The molecule has 0 fully saturated rings. The molecule has 0 aliphatic heterocycles. The molecule has 0 heterocycles. The Kier molecular flexibility index (Phi) is 8.38. The molecule has 1 N–H and O–H groups in total. The molecule has 0 unspecified atom stereocenters. The number of sulfonamides is 1. The van der Waals surface area contributed by atoms with Crippen LogP contribution in [-0.2, 0) is 14.8 Å². The Labute approximate surface area is 206 Å². The number of halogens is 2. The highest BCUT2D eigenvalue weighted by atomic mass is 127. The first-order valence-corrected chi connectivity index (χ1v) is 12.7. The number of aryl methyl sites for hydroxylation is 1. The second-order valence-electron chi connectivity index (χ2n) is 6.91. The lowest BCUT2D eigenvalue weighted by atomic mass is 10.2. The SMILES string of the molecule is Cc1ccc(OCCNC(=O)CN(c2ccc(I)cc2)S(=O)(=O)c2ccccc2)cc1Cl. The summed E-state index contributed by atoms with van der Waals surface area (Å²) >= 11 is 8.22. The topological polar surface area (TPSA) is 75.7 Å². The van der Waals surface area contributed by atoms with Gasteiger partial charge in [-0.2, -0.15) is 0 Å². The van der Waals surface area contributed by atoms with Gasteiger partial charge in [0, 0.05) is 8.59 Å². The van der Waals surface area contributed by atoms with E-state index >= 15 is 0 Å². The largest absolute Gasteiger partial charge is 0.492 e. The fourth-order valence-corrected chi connectivity index (χ4v) is 4.82. The summed E-state index contributed by atoms with van der Waals surface area (Å²) < 4.78 is 34.1. The average molecular weight is 585 g/mol. The van der Waals surface area contributed by atoms with Crippen LogP contribution in [0, 0.1) is 10.5 Å². The van der Waals surface area contributed by atoms with Crippen LogP contribution in [0.1, 0.15) is 5.56 Å². The average Bonchev–Trinajstić information content (AvgIpc) is 2.78. The Morgan fingerprint density at radius 1 is 1.06 bits per heavy atom. The minimum absolute atomic E-state index is 0.117. The molecular formula is C23H22ClIN2O4S. The molecule has 0 spiro atoms. The van der Waals surface area contributed by atoms with Crippen LogP contribution in [0.2, 0.25) is 5.02 Å². The van der Waals surface area contributed by atoms with Crippen molar-refractivity contribution in [1.29, 1.82) is 0 Å². The molecule has 0 saturated heterocycles. The molecule has 0 bridgehead atoms. The number of rotatable bonds is 9. The molecule has 32 heavy (non-hydrogen) atoms. The van der Waals surface area contributed by atoms with Gasteiger partial charge in [0.1, 0.15) is 18.9 Å². The van der Waals surface area contributed by atoms with Crippen LogP contribution in [0.4, 0.5) is 5.69 Å². The van der Waals surface area contributed by atoms with Crippen molar-refractivity contribution in [3.05, 3.63) is 87.0 Å². The Bertz CT molecular complexity index is 1170. The van der Waals surface area contributed by atoms with Crippen LogP contribution in [-0.4, -0.2) is 34.0 Å². The minimum Gasteiger partial charge on any atom is -0.492 e. The van der Waals surface area contributed by atoms with Crippen molar-refractivity contribution >= 4 is 55.8 Å². The predicted molar refractivity (Wildman–Crippen MR) is 135 cm³/mol. The van der Waals surface area contributed by atoms with Crippen LogP contribution >= 0.6 is 34.2 Å². The van der Waals surface area contributed by atoms with Crippen molar-refractivity contribution < 1.29 is 17.9 Å². The van der Waals surface area contributed by atoms with Crippen molar-refractivity contribution in [2.75, 3.05) is 24.0 Å². The molecule has 168 valence electrons. The van der Waals surface area contributed by atoms with E-state index in [0.717, 1.165) is 13.4 Å². The number of nitrogens with zero attached hydrogens (tertiary/aromatic N) is 1. The molecule has 1 amide bonds. The van der Waals surface area contributed by atoms with E-state index in [2.05, 4.69) is 27.9 Å². The number of hydrogen-bond acceptors (Lipinski definition) is 4. The van der Waals surface area contributed by atoms with Crippen LogP contribution in [0.25, 0.3) is 0 Å². The summed E-state index contributed by atoms with van der Waals surface area (Å²) in [6, 6.07) is 20.4. The smallest absolute Gasteiger partial charge is 0.264 e. The number of hydrogen-bond donors (Lipinski definition) is 1. The van der Waals surface area contributed by atoms with Crippen molar-refractivity contribution in [3.8, 4) is 5.75 Å². The highest BCUT2D eigenvalue weighted by Crippen LogP contribution is 2.24. The summed E-state index contributed by atoms with van der Waals surface area (Å²) in [5.41, 5.74) is 1.36. The minimum atomic E-state index is -3.92. The monoisotopic (exact) mass is 584 g/mol. The summed E-state index contributed by atoms with van der Waals surface area (Å²) in [5.74, 6) is 0.163. The lowest BCUT2D eigenvalue weighted by Gasteiger charge is -2.24. The Morgan fingerprint density at radius 3 is 2.41 bits per heavy atom. The molecule has 3 rings (SSSR count). The van der Waals surface area contributed by atoms with Crippen LogP contribution < -0.4 is 14.4 Å². The highest BCUT2D eigenvalue weighted by molar-refractivity contribution is 14.1. The summed E-state index contributed by atoms with van der Waals surface area (Å²) in [6.45, 7) is 1.99. The molecule has 3 aromatic carbocycles. The number of ether oxygens (including phenoxy) is 1. The van der Waals surface area contributed by atoms with Crippen LogP contribution in [0.5, 0.6) is 5.75 Å². The molecule has 0 aliphatic rings. The first-order chi connectivity index (χ1) is 15.3. The van der Waals surface area contributed by atoms with Crippen molar-refractivity contribution in [3.63, 3.8) is 0 Å². The van der Waals surface area contributed by atoms with E-state index in [4.69, 9.17) is 16.3 Å². The maximum Gasteiger partial charge on any atom is 0.264 e. The van der Waals surface area contributed by atoms with Crippen LogP contribution in [0.3, 0.4) is 0 Å². The molecular weight excluding hydrogens is 563 g/mol. The van der Waals surface area contributed by atoms with Gasteiger partial charge in [-0.05, 0) is 83.6 Å². The van der Waals surface area contributed by atoms with Gasteiger partial charge in [0.15, 0.2) is 0 Å². The number of benzene rings is 3. The second kappa shape index (κ2) is 11.0. The van der Waals surface area contributed by atoms with Gasteiger partial charge < -0.3 is 10.1 Å². The fourth-order valence-electron chi connectivity index (χ4n) is 2.85. The fraction of sp³-hybridized carbons (Fsp3) is 0.174.